The van der Waals surface area contributed by atoms with Crippen LogP contribution in [-0.2, 0) is 0 Å². The Hall–Kier alpha value is -1.50. The highest BCUT2D eigenvalue weighted by atomic mass is 15.3. The zero-order valence-corrected chi connectivity index (χ0v) is 5.67. The van der Waals surface area contributed by atoms with Crippen molar-refractivity contribution in [3.8, 4) is 6.07 Å². The first kappa shape index (κ1) is 8.50. The van der Waals surface area contributed by atoms with Crippen molar-refractivity contribution < 1.29 is 0 Å². The molecule has 0 heterocycles. The van der Waals surface area contributed by atoms with Gasteiger partial charge in [-0.3, -0.25) is 0 Å². The van der Waals surface area contributed by atoms with Crippen LogP contribution in [0.4, 0.5) is 0 Å². The molecule has 0 rings (SSSR count). The lowest BCUT2D eigenvalue weighted by atomic mass is 10.5. The number of hydrogen-bond acceptors (Lipinski definition) is 3. The Bertz CT molecular complexity index is 165. The summed E-state index contributed by atoms with van der Waals surface area (Å²) in [6.07, 6.45) is 1.85. The van der Waals surface area contributed by atoms with E-state index in [1.165, 1.54) is 6.08 Å². The van der Waals surface area contributed by atoms with Crippen molar-refractivity contribution in [1.29, 1.82) is 5.26 Å². The minimum atomic E-state index is 0.331. The van der Waals surface area contributed by atoms with E-state index in [1.54, 1.807) is 0 Å². The van der Waals surface area contributed by atoms with Crippen LogP contribution in [0.15, 0.2) is 17.8 Å². The highest BCUT2D eigenvalue weighted by Crippen LogP contribution is 1.71. The van der Waals surface area contributed by atoms with Crippen molar-refractivity contribution >= 4 is 5.84 Å². The lowest BCUT2D eigenvalue weighted by Crippen LogP contribution is -2.15. The van der Waals surface area contributed by atoms with E-state index in [0.717, 1.165) is 0 Å². The predicted molar refractivity (Wildman–Crippen MR) is 40.1 cm³/mol. The first-order valence-electron chi connectivity index (χ1n) is 2.86. The van der Waals surface area contributed by atoms with E-state index in [2.05, 4.69) is 17.1 Å². The zero-order valence-electron chi connectivity index (χ0n) is 5.67. The molecule has 0 aromatic rings. The molecule has 0 aromatic carbocycles. The van der Waals surface area contributed by atoms with E-state index in [4.69, 9.17) is 11.0 Å². The van der Waals surface area contributed by atoms with Crippen LogP contribution in [0.5, 0.6) is 0 Å². The Kier molecular flexibility index (Phi) is 4.79. The van der Waals surface area contributed by atoms with Gasteiger partial charge in [-0.25, -0.2) is 0 Å². The van der Waals surface area contributed by atoms with Crippen molar-refractivity contribution in [1.82, 2.24) is 5.43 Å². The molecule has 54 valence electrons. The van der Waals surface area contributed by atoms with E-state index in [-0.39, 0.29) is 0 Å². The molecule has 0 saturated heterocycles. The maximum atomic E-state index is 8.10. The van der Waals surface area contributed by atoms with Gasteiger partial charge in [0.15, 0.2) is 0 Å². The fourth-order valence-corrected chi connectivity index (χ4v) is 0.305. The Morgan fingerprint density at radius 3 is 3.10 bits per heavy atom. The fourth-order valence-electron chi connectivity index (χ4n) is 0.305. The highest BCUT2D eigenvalue weighted by Gasteiger charge is 1.81. The first-order valence-corrected chi connectivity index (χ1v) is 2.86. The summed E-state index contributed by atoms with van der Waals surface area (Å²) in [4.78, 5) is 0. The maximum absolute atomic E-state index is 8.10. The average Bonchev–Trinajstić information content (AvgIpc) is 1.98. The van der Waals surface area contributed by atoms with Gasteiger partial charge in [0.25, 0.3) is 0 Å². The zero-order chi connectivity index (χ0) is 7.82. The Morgan fingerprint density at radius 1 is 1.90 bits per heavy atom. The Balaban J connectivity index is 3.35. The van der Waals surface area contributed by atoms with E-state index in [1.807, 2.05) is 6.07 Å². The summed E-state index contributed by atoms with van der Waals surface area (Å²) in [5, 5.41) is 11.8. The summed E-state index contributed by atoms with van der Waals surface area (Å²) in [7, 11) is 0. The molecule has 3 N–H and O–H groups in total. The standard InChI is InChI=1S/C6H10N4/c1-2-6(8)10-9-5-3-4-7/h2,9H,1,3,5H2,(H2,8,10). The summed E-state index contributed by atoms with van der Waals surface area (Å²) in [6, 6.07) is 1.96. The maximum Gasteiger partial charge on any atom is 0.142 e. The fraction of sp³-hybridized carbons (Fsp3) is 0.333. The van der Waals surface area contributed by atoms with Gasteiger partial charge in [0.1, 0.15) is 5.84 Å². The minimum Gasteiger partial charge on any atom is -0.382 e. The molecular formula is C6H10N4. The summed E-state index contributed by atoms with van der Waals surface area (Å²) < 4.78 is 0. The molecule has 0 spiro atoms. The molecule has 0 atom stereocenters. The van der Waals surface area contributed by atoms with Gasteiger partial charge in [0, 0.05) is 6.54 Å². The molecule has 0 aliphatic rings. The Morgan fingerprint density at radius 2 is 2.60 bits per heavy atom. The second kappa shape index (κ2) is 5.63. The minimum absolute atomic E-state index is 0.331. The van der Waals surface area contributed by atoms with Crippen molar-refractivity contribution in [3.63, 3.8) is 0 Å². The number of rotatable bonds is 4. The van der Waals surface area contributed by atoms with Crippen LogP contribution in [0.25, 0.3) is 0 Å². The number of hydrogen-bond donors (Lipinski definition) is 2. The lowest BCUT2D eigenvalue weighted by Gasteiger charge is -1.94. The normalized spacial score (nSPS) is 10.1. The molecule has 0 amide bonds. The molecule has 0 unspecified atom stereocenters. The van der Waals surface area contributed by atoms with Crippen molar-refractivity contribution in [2.75, 3.05) is 6.54 Å². The third-order valence-electron chi connectivity index (χ3n) is 0.766. The molecule has 10 heavy (non-hydrogen) atoms. The number of nitriles is 1. The van der Waals surface area contributed by atoms with Crippen LogP contribution in [0, 0.1) is 11.3 Å². The monoisotopic (exact) mass is 138 g/mol. The largest absolute Gasteiger partial charge is 0.382 e. The Labute approximate surface area is 60.0 Å². The summed E-state index contributed by atoms with van der Waals surface area (Å²) in [6.45, 7) is 3.92. The SMILES string of the molecule is C=C/C(N)=N\NCCC#N. The smallest absolute Gasteiger partial charge is 0.142 e. The molecular weight excluding hydrogens is 128 g/mol. The number of nitrogens with two attached hydrogens (primary N) is 1. The molecule has 0 aliphatic heterocycles. The van der Waals surface area contributed by atoms with Gasteiger partial charge in [0.2, 0.25) is 0 Å². The molecule has 0 saturated carbocycles. The summed E-state index contributed by atoms with van der Waals surface area (Å²) in [5.41, 5.74) is 7.85. The lowest BCUT2D eigenvalue weighted by molar-refractivity contribution is 0.746. The van der Waals surface area contributed by atoms with Crippen molar-refractivity contribution in [3.05, 3.63) is 12.7 Å². The third kappa shape index (κ3) is 4.65. The number of hydrazone groups is 1. The van der Waals surface area contributed by atoms with Crippen molar-refractivity contribution in [2.45, 2.75) is 6.42 Å². The van der Waals surface area contributed by atoms with Gasteiger partial charge in [0.05, 0.1) is 12.5 Å². The van der Waals surface area contributed by atoms with Crippen LogP contribution in [0.2, 0.25) is 0 Å². The van der Waals surface area contributed by atoms with Gasteiger partial charge in [-0.2, -0.15) is 10.4 Å². The van der Waals surface area contributed by atoms with Gasteiger partial charge in [-0.05, 0) is 6.08 Å². The molecule has 4 nitrogen and oxygen atoms in total. The quantitative estimate of drug-likeness (QED) is 0.247. The highest BCUT2D eigenvalue weighted by molar-refractivity contribution is 5.90. The number of nitrogens with zero attached hydrogens (tertiary/aromatic N) is 2. The molecule has 0 aliphatic carbocycles. The van der Waals surface area contributed by atoms with Crippen LogP contribution < -0.4 is 11.2 Å². The average molecular weight is 138 g/mol. The van der Waals surface area contributed by atoms with Gasteiger partial charge < -0.3 is 11.2 Å². The topological polar surface area (TPSA) is 74.2 Å². The van der Waals surface area contributed by atoms with E-state index >= 15 is 0 Å². The molecule has 0 bridgehead atoms. The first-order chi connectivity index (χ1) is 4.81. The number of nitrogens with one attached hydrogen (secondary N) is 1. The second-order valence-electron chi connectivity index (χ2n) is 1.56. The van der Waals surface area contributed by atoms with Gasteiger partial charge >= 0.3 is 0 Å². The van der Waals surface area contributed by atoms with Gasteiger partial charge in [-0.1, -0.05) is 6.58 Å². The summed E-state index contributed by atoms with van der Waals surface area (Å²) >= 11 is 0. The molecule has 4 heteroatoms. The van der Waals surface area contributed by atoms with E-state index in [9.17, 15) is 0 Å². The third-order valence-corrected chi connectivity index (χ3v) is 0.766. The van der Waals surface area contributed by atoms with E-state index in [0.29, 0.717) is 18.8 Å². The molecule has 0 radical (unpaired) electrons. The van der Waals surface area contributed by atoms with Crippen LogP contribution in [-0.4, -0.2) is 12.4 Å². The van der Waals surface area contributed by atoms with Gasteiger partial charge in [-0.15, -0.1) is 0 Å². The van der Waals surface area contributed by atoms with Crippen LogP contribution in [0.3, 0.4) is 0 Å². The van der Waals surface area contributed by atoms with Crippen LogP contribution >= 0.6 is 0 Å². The van der Waals surface area contributed by atoms with Crippen LogP contribution in [0.1, 0.15) is 6.42 Å². The second-order valence-corrected chi connectivity index (χ2v) is 1.56. The predicted octanol–water partition coefficient (Wildman–Crippen LogP) is -0.0521. The summed E-state index contributed by atoms with van der Waals surface area (Å²) in [5.74, 6) is 0.331. The molecule has 0 aromatic heterocycles. The molecule has 0 fully saturated rings. The van der Waals surface area contributed by atoms with Crippen molar-refractivity contribution in [2.24, 2.45) is 10.8 Å². The van der Waals surface area contributed by atoms with E-state index < -0.39 is 0 Å². The number of amidine groups is 1.